The van der Waals surface area contributed by atoms with Crippen LogP contribution in [0.2, 0.25) is 10.0 Å². The molecule has 1 atom stereocenters. The number of halogens is 3. The first-order valence-electron chi connectivity index (χ1n) is 14.0. The normalized spacial score (nSPS) is 15.0. The van der Waals surface area contributed by atoms with Gasteiger partial charge in [-0.1, -0.05) is 50.0 Å². The van der Waals surface area contributed by atoms with Gasteiger partial charge in [-0.25, -0.2) is 4.99 Å². The number of nitrogens with zero attached hydrogens (tertiary/aromatic N) is 1. The Kier molecular flexibility index (Phi) is 9.91. The summed E-state index contributed by atoms with van der Waals surface area (Å²) in [4.78, 5) is 19.7. The number of nitrogens with one attached hydrogen (secondary N) is 1. The first-order chi connectivity index (χ1) is 20.5. The Bertz CT molecular complexity index is 1640. The van der Waals surface area contributed by atoms with Gasteiger partial charge in [0.25, 0.3) is 5.91 Å². The van der Waals surface area contributed by atoms with E-state index in [4.69, 9.17) is 42.1 Å². The van der Waals surface area contributed by atoms with Crippen molar-refractivity contribution in [3.05, 3.63) is 96.1 Å². The van der Waals surface area contributed by atoms with Crippen molar-refractivity contribution >= 4 is 67.6 Å². The van der Waals surface area contributed by atoms with E-state index in [-0.39, 0.29) is 17.9 Å². The molecule has 2 heterocycles. The van der Waals surface area contributed by atoms with Gasteiger partial charge in [0.15, 0.2) is 11.5 Å². The number of thiophene rings is 1. The predicted octanol–water partition coefficient (Wildman–Crippen LogP) is 9.83. The van der Waals surface area contributed by atoms with Crippen LogP contribution in [0.25, 0.3) is 0 Å². The summed E-state index contributed by atoms with van der Waals surface area (Å²) in [6, 6.07) is 12.6. The first kappa shape index (κ1) is 31.6. The Morgan fingerprint density at radius 2 is 2.02 bits per heavy atom. The molecule has 4 aromatic rings. The van der Waals surface area contributed by atoms with E-state index < -0.39 is 0 Å². The Morgan fingerprint density at radius 1 is 1.21 bits per heavy atom. The van der Waals surface area contributed by atoms with Gasteiger partial charge in [0.1, 0.15) is 17.4 Å². The molecule has 0 bridgehead atoms. The topological polar surface area (TPSA) is 73.1 Å². The molecule has 6 nitrogen and oxygen atoms in total. The lowest BCUT2D eigenvalue weighted by Gasteiger charge is -2.33. The van der Waals surface area contributed by atoms with E-state index in [1.807, 2.05) is 30.3 Å². The fourth-order valence-electron chi connectivity index (χ4n) is 5.15. The van der Waals surface area contributed by atoms with Crippen molar-refractivity contribution < 1.29 is 18.7 Å². The summed E-state index contributed by atoms with van der Waals surface area (Å²) in [5.74, 6) is 2.20. The number of aliphatic imine (C=N–C) groups is 1. The van der Waals surface area contributed by atoms with Gasteiger partial charge < -0.3 is 19.2 Å². The zero-order valence-corrected chi connectivity index (χ0v) is 28.3. The van der Waals surface area contributed by atoms with Crippen LogP contribution in [-0.2, 0) is 26.0 Å². The van der Waals surface area contributed by atoms with Gasteiger partial charge in [-0.05, 0) is 88.5 Å². The van der Waals surface area contributed by atoms with E-state index in [1.165, 1.54) is 4.88 Å². The van der Waals surface area contributed by atoms with Crippen LogP contribution in [-0.4, -0.2) is 19.2 Å². The monoisotopic (exact) mass is 702 g/mol. The van der Waals surface area contributed by atoms with Crippen LogP contribution < -0.4 is 14.8 Å². The molecule has 1 N–H and O–H groups in total. The van der Waals surface area contributed by atoms with Crippen LogP contribution in [0.1, 0.15) is 64.9 Å². The summed E-state index contributed by atoms with van der Waals surface area (Å²) < 4.78 is 17.9. The van der Waals surface area contributed by atoms with Crippen molar-refractivity contribution in [3.63, 3.8) is 0 Å². The number of hydrogen-bond donors (Lipinski definition) is 1. The molecule has 226 valence electrons. The largest absolute Gasteiger partial charge is 0.493 e. The zero-order valence-electron chi connectivity index (χ0n) is 24.4. The summed E-state index contributed by atoms with van der Waals surface area (Å²) in [6.45, 7) is 7.42. The third-order valence-electron chi connectivity index (χ3n) is 7.70. The molecule has 10 heteroatoms. The molecule has 0 saturated heterocycles. The summed E-state index contributed by atoms with van der Waals surface area (Å²) >= 11 is 17.6. The van der Waals surface area contributed by atoms with E-state index in [2.05, 4.69) is 42.0 Å². The highest BCUT2D eigenvalue weighted by Gasteiger charge is 2.33. The van der Waals surface area contributed by atoms with Crippen LogP contribution in [0.5, 0.6) is 11.5 Å². The highest BCUT2D eigenvalue weighted by atomic mass is 79.9. The molecule has 0 unspecified atom stereocenters. The molecule has 0 spiro atoms. The van der Waals surface area contributed by atoms with Gasteiger partial charge in [0, 0.05) is 36.7 Å². The summed E-state index contributed by atoms with van der Waals surface area (Å²) in [7, 11) is 1.59. The summed E-state index contributed by atoms with van der Waals surface area (Å²) in [5.41, 5.74) is 3.54. The molecular weight excluding hydrogens is 671 g/mol. The smallest absolute Gasteiger partial charge is 0.255 e. The fraction of sp³-hybridized carbons (Fsp3) is 0.333. The number of amides is 1. The molecule has 1 amide bonds. The number of carbonyl (C=O) groups is 1. The van der Waals surface area contributed by atoms with Crippen molar-refractivity contribution in [2.24, 2.45) is 16.3 Å². The lowest BCUT2D eigenvalue weighted by molar-refractivity contribution is 0.0947. The lowest BCUT2D eigenvalue weighted by Crippen LogP contribution is -2.28. The Morgan fingerprint density at radius 3 is 2.72 bits per heavy atom. The number of hydrogen-bond acceptors (Lipinski definition) is 6. The molecule has 0 radical (unpaired) electrons. The molecule has 2 aromatic heterocycles. The third-order valence-corrected chi connectivity index (χ3v) is 10.1. The molecule has 0 fully saturated rings. The second-order valence-electron chi connectivity index (χ2n) is 11.6. The average molecular weight is 705 g/mol. The van der Waals surface area contributed by atoms with Crippen LogP contribution in [0, 0.1) is 11.3 Å². The Balaban J connectivity index is 1.42. The fourth-order valence-corrected chi connectivity index (χ4v) is 7.31. The minimum Gasteiger partial charge on any atom is -0.493 e. The molecule has 5 rings (SSSR count). The van der Waals surface area contributed by atoms with Crippen LogP contribution >= 0.6 is 50.5 Å². The minimum absolute atomic E-state index is 0.142. The quantitative estimate of drug-likeness (QED) is 0.176. The van der Waals surface area contributed by atoms with E-state index in [0.29, 0.717) is 50.3 Å². The lowest BCUT2D eigenvalue weighted by atomic mass is 9.72. The first-order valence-corrected chi connectivity index (χ1v) is 16.3. The molecule has 0 aliphatic heterocycles. The minimum atomic E-state index is -0.142. The van der Waals surface area contributed by atoms with Crippen molar-refractivity contribution in [2.75, 3.05) is 7.11 Å². The number of furan rings is 1. The number of benzene rings is 2. The second-order valence-corrected chi connectivity index (χ2v) is 14.3. The van der Waals surface area contributed by atoms with Crippen molar-refractivity contribution in [1.29, 1.82) is 0 Å². The van der Waals surface area contributed by atoms with Gasteiger partial charge in [-0.3, -0.25) is 4.79 Å². The van der Waals surface area contributed by atoms with Crippen LogP contribution in [0.4, 0.5) is 5.00 Å². The van der Waals surface area contributed by atoms with Gasteiger partial charge in [-0.2, -0.15) is 0 Å². The van der Waals surface area contributed by atoms with Crippen molar-refractivity contribution in [2.45, 2.75) is 53.2 Å². The highest BCUT2D eigenvalue weighted by molar-refractivity contribution is 9.10. The maximum atomic E-state index is 13.5. The van der Waals surface area contributed by atoms with Gasteiger partial charge >= 0.3 is 0 Å². The van der Waals surface area contributed by atoms with Crippen LogP contribution in [0.3, 0.4) is 0 Å². The SMILES string of the molecule is COc1cc(C=Nc2sc3c(c2C(=O)NCc2ccco2)CC[C@@H](C(C)(C)C)C3)c(Br)cc1OCc1ccc(Cl)cc1Cl. The second kappa shape index (κ2) is 13.5. The van der Waals surface area contributed by atoms with Gasteiger partial charge in [-0.15, -0.1) is 11.3 Å². The molecule has 0 saturated carbocycles. The maximum Gasteiger partial charge on any atom is 0.255 e. The maximum absolute atomic E-state index is 13.5. The number of rotatable bonds is 9. The molecular formula is C33H33BrCl2N2O4S. The van der Waals surface area contributed by atoms with Gasteiger partial charge in [0.05, 0.1) is 25.5 Å². The molecule has 1 aliphatic rings. The van der Waals surface area contributed by atoms with Crippen LogP contribution in [0.15, 0.2) is 62.6 Å². The summed E-state index contributed by atoms with van der Waals surface area (Å²) in [6.07, 6.45) is 6.20. The number of ether oxygens (including phenoxy) is 2. The number of methoxy groups -OCH3 is 1. The third kappa shape index (κ3) is 7.48. The standard InChI is InChI=1S/C33H33BrCl2N2O4S/c1-33(2,3)21-8-10-24-29(13-21)43-32(30(24)31(39)37-17-23-6-5-11-41-23)38-16-20-12-27(40-4)28(15-25(20)34)42-18-19-7-9-22(35)14-26(19)36/h5-7,9,11-12,14-16,21H,8,10,13,17-18H2,1-4H3,(H,37,39)/t21-/m1/s1. The highest BCUT2D eigenvalue weighted by Crippen LogP contribution is 2.45. The number of fused-ring (bicyclic) bond motifs is 1. The van der Waals surface area contributed by atoms with E-state index in [9.17, 15) is 4.79 Å². The summed E-state index contributed by atoms with van der Waals surface area (Å²) in [5, 5.41) is 4.82. The molecule has 1 aliphatic carbocycles. The van der Waals surface area contributed by atoms with Crippen molar-refractivity contribution in [3.8, 4) is 11.5 Å². The van der Waals surface area contributed by atoms with Crippen molar-refractivity contribution in [1.82, 2.24) is 5.32 Å². The Labute approximate surface area is 274 Å². The van der Waals surface area contributed by atoms with E-state index in [0.717, 1.165) is 40.4 Å². The molecule has 43 heavy (non-hydrogen) atoms. The number of carbonyl (C=O) groups excluding carboxylic acids is 1. The van der Waals surface area contributed by atoms with Gasteiger partial charge in [0.2, 0.25) is 0 Å². The molecule has 2 aromatic carbocycles. The predicted molar refractivity (Wildman–Crippen MR) is 178 cm³/mol. The van der Waals surface area contributed by atoms with E-state index >= 15 is 0 Å². The average Bonchev–Trinajstić information content (AvgIpc) is 3.62. The Hall–Kier alpha value is -2.78. The zero-order chi connectivity index (χ0) is 30.7. The van der Waals surface area contributed by atoms with E-state index in [1.54, 1.807) is 43.1 Å².